The van der Waals surface area contributed by atoms with Crippen LogP contribution in [0.2, 0.25) is 5.02 Å². The van der Waals surface area contributed by atoms with Gasteiger partial charge in [0, 0.05) is 37.1 Å². The third-order valence-corrected chi connectivity index (χ3v) is 8.17. The minimum Gasteiger partial charge on any atom is -0.493 e. The van der Waals surface area contributed by atoms with Crippen molar-refractivity contribution >= 4 is 39.3 Å². The van der Waals surface area contributed by atoms with Gasteiger partial charge in [-0.15, -0.1) is 11.8 Å². The molecule has 1 fully saturated rings. The number of carbonyl (C=O) groups is 1. The van der Waals surface area contributed by atoms with E-state index >= 15 is 0 Å². The van der Waals surface area contributed by atoms with E-state index in [9.17, 15) is 13.2 Å². The van der Waals surface area contributed by atoms with Gasteiger partial charge < -0.3 is 14.4 Å². The molecular formula is C20H23ClN2O5S2. The van der Waals surface area contributed by atoms with Gasteiger partial charge in [-0.25, -0.2) is 8.42 Å². The van der Waals surface area contributed by atoms with Crippen molar-refractivity contribution in [3.05, 3.63) is 47.5 Å². The summed E-state index contributed by atoms with van der Waals surface area (Å²) < 4.78 is 37.7. The molecule has 162 valence electrons. The van der Waals surface area contributed by atoms with Crippen molar-refractivity contribution in [2.45, 2.75) is 9.79 Å². The van der Waals surface area contributed by atoms with Crippen molar-refractivity contribution in [1.82, 2.24) is 9.21 Å². The van der Waals surface area contributed by atoms with Gasteiger partial charge in [-0.3, -0.25) is 4.79 Å². The molecule has 2 aromatic carbocycles. The Bertz CT molecular complexity index is 1010. The normalized spacial score (nSPS) is 15.1. The fourth-order valence-electron chi connectivity index (χ4n) is 3.10. The molecule has 30 heavy (non-hydrogen) atoms. The number of piperazine rings is 1. The molecule has 10 heteroatoms. The Hall–Kier alpha value is -1.94. The van der Waals surface area contributed by atoms with Crippen LogP contribution in [0.5, 0.6) is 11.5 Å². The third-order valence-electron chi connectivity index (χ3n) is 4.77. The first kappa shape index (κ1) is 22.7. The molecule has 0 N–H and O–H groups in total. The highest BCUT2D eigenvalue weighted by molar-refractivity contribution is 8.00. The van der Waals surface area contributed by atoms with Crippen LogP contribution in [0.4, 0.5) is 0 Å². The van der Waals surface area contributed by atoms with E-state index in [1.165, 1.54) is 42.4 Å². The van der Waals surface area contributed by atoms with E-state index in [-0.39, 0.29) is 29.6 Å². The van der Waals surface area contributed by atoms with Crippen LogP contribution in [0.15, 0.2) is 52.3 Å². The van der Waals surface area contributed by atoms with E-state index in [1.807, 2.05) is 18.2 Å². The molecule has 1 heterocycles. The average Bonchev–Trinajstić information content (AvgIpc) is 2.77. The molecule has 7 nitrogen and oxygen atoms in total. The van der Waals surface area contributed by atoms with E-state index < -0.39 is 10.0 Å². The predicted molar refractivity (Wildman–Crippen MR) is 117 cm³/mol. The number of amides is 1. The summed E-state index contributed by atoms with van der Waals surface area (Å²) in [5, 5.41) is 0.612. The number of rotatable bonds is 7. The zero-order chi connectivity index (χ0) is 21.7. The maximum Gasteiger partial charge on any atom is 0.243 e. The Balaban J connectivity index is 1.60. The number of nitrogens with zero attached hydrogens (tertiary/aromatic N) is 2. The van der Waals surface area contributed by atoms with Crippen LogP contribution in [0, 0.1) is 0 Å². The van der Waals surface area contributed by atoms with Crippen LogP contribution in [-0.4, -0.2) is 69.7 Å². The van der Waals surface area contributed by atoms with Crippen LogP contribution < -0.4 is 9.47 Å². The third kappa shape index (κ3) is 5.03. The van der Waals surface area contributed by atoms with E-state index in [0.717, 1.165) is 4.90 Å². The lowest BCUT2D eigenvalue weighted by Crippen LogP contribution is -2.50. The second-order valence-electron chi connectivity index (χ2n) is 6.52. The van der Waals surface area contributed by atoms with E-state index in [1.54, 1.807) is 17.0 Å². The second-order valence-corrected chi connectivity index (χ2v) is 9.88. The molecule has 0 aliphatic carbocycles. The molecule has 1 aliphatic heterocycles. The number of methoxy groups -OCH3 is 2. The van der Waals surface area contributed by atoms with Gasteiger partial charge in [0.1, 0.15) is 0 Å². The minimum atomic E-state index is -3.69. The topological polar surface area (TPSA) is 76.2 Å². The Morgan fingerprint density at radius 3 is 2.33 bits per heavy atom. The van der Waals surface area contributed by atoms with Crippen molar-refractivity contribution in [3.8, 4) is 11.5 Å². The van der Waals surface area contributed by atoms with Gasteiger partial charge in [0.15, 0.2) is 11.5 Å². The van der Waals surface area contributed by atoms with E-state index in [2.05, 4.69) is 0 Å². The molecular weight excluding hydrogens is 448 g/mol. The van der Waals surface area contributed by atoms with Gasteiger partial charge in [0.2, 0.25) is 15.9 Å². The number of hydrogen-bond acceptors (Lipinski definition) is 6. The summed E-state index contributed by atoms with van der Waals surface area (Å²) in [7, 11) is -0.743. The minimum absolute atomic E-state index is 0.0388. The number of hydrogen-bond donors (Lipinski definition) is 0. The summed E-state index contributed by atoms with van der Waals surface area (Å²) in [5.74, 6) is 1.03. The van der Waals surface area contributed by atoms with Gasteiger partial charge in [0.25, 0.3) is 0 Å². The first-order valence-corrected chi connectivity index (χ1v) is 12.0. The summed E-state index contributed by atoms with van der Waals surface area (Å²) >= 11 is 7.50. The Kier molecular flexibility index (Phi) is 7.51. The summed E-state index contributed by atoms with van der Waals surface area (Å²) in [5.41, 5.74) is 0. The number of ether oxygens (including phenoxy) is 2. The summed E-state index contributed by atoms with van der Waals surface area (Å²) in [6.07, 6.45) is 0. The monoisotopic (exact) mass is 470 g/mol. The molecule has 0 unspecified atom stereocenters. The lowest BCUT2D eigenvalue weighted by atomic mass is 10.3. The van der Waals surface area contributed by atoms with E-state index in [0.29, 0.717) is 29.6 Å². The number of halogens is 1. The van der Waals surface area contributed by atoms with Crippen molar-refractivity contribution in [1.29, 1.82) is 0 Å². The van der Waals surface area contributed by atoms with Gasteiger partial charge in [-0.05, 0) is 24.3 Å². The van der Waals surface area contributed by atoms with Gasteiger partial charge >= 0.3 is 0 Å². The highest BCUT2D eigenvalue weighted by Gasteiger charge is 2.30. The van der Waals surface area contributed by atoms with Crippen LogP contribution in [-0.2, 0) is 14.8 Å². The van der Waals surface area contributed by atoms with Gasteiger partial charge in [-0.2, -0.15) is 4.31 Å². The molecule has 0 bridgehead atoms. The molecule has 0 atom stereocenters. The first-order chi connectivity index (χ1) is 14.4. The number of carbonyl (C=O) groups excluding carboxylic acids is 1. The molecule has 0 radical (unpaired) electrons. The Morgan fingerprint density at radius 1 is 1.03 bits per heavy atom. The first-order valence-electron chi connectivity index (χ1n) is 9.24. The van der Waals surface area contributed by atoms with Gasteiger partial charge in [-0.1, -0.05) is 23.7 Å². The van der Waals surface area contributed by atoms with Gasteiger partial charge in [0.05, 0.1) is 29.9 Å². The predicted octanol–water partition coefficient (Wildman–Crippen LogP) is 2.98. The molecule has 2 aromatic rings. The lowest BCUT2D eigenvalue weighted by molar-refractivity contribution is -0.129. The van der Waals surface area contributed by atoms with Crippen molar-refractivity contribution in [2.75, 3.05) is 46.2 Å². The molecule has 1 saturated heterocycles. The zero-order valence-electron chi connectivity index (χ0n) is 16.7. The largest absolute Gasteiger partial charge is 0.493 e. The van der Waals surface area contributed by atoms with Crippen molar-refractivity contribution in [2.24, 2.45) is 0 Å². The smallest absolute Gasteiger partial charge is 0.243 e. The average molecular weight is 471 g/mol. The Morgan fingerprint density at radius 2 is 1.70 bits per heavy atom. The highest BCUT2D eigenvalue weighted by atomic mass is 35.5. The van der Waals surface area contributed by atoms with Crippen LogP contribution >= 0.6 is 23.4 Å². The lowest BCUT2D eigenvalue weighted by Gasteiger charge is -2.34. The number of thioether (sulfide) groups is 1. The number of sulfonamides is 1. The summed E-state index contributed by atoms with van der Waals surface area (Å²) in [6, 6.07) is 11.9. The zero-order valence-corrected chi connectivity index (χ0v) is 19.1. The quantitative estimate of drug-likeness (QED) is 0.579. The van der Waals surface area contributed by atoms with Crippen molar-refractivity contribution < 1.29 is 22.7 Å². The SMILES string of the molecule is COc1ccc(S(=O)(=O)N2CCN(C(=O)CSc3ccccc3Cl)CC2)cc1OC. The van der Waals surface area contributed by atoms with Crippen molar-refractivity contribution in [3.63, 3.8) is 0 Å². The number of benzene rings is 2. The summed E-state index contributed by atoms with van der Waals surface area (Å²) in [4.78, 5) is 15.2. The van der Waals surface area contributed by atoms with Crippen LogP contribution in [0.25, 0.3) is 0 Å². The maximum absolute atomic E-state index is 13.0. The molecule has 0 spiro atoms. The molecule has 1 amide bonds. The van der Waals surface area contributed by atoms with Crippen LogP contribution in [0.1, 0.15) is 0 Å². The van der Waals surface area contributed by atoms with E-state index in [4.69, 9.17) is 21.1 Å². The molecule has 3 rings (SSSR count). The second kappa shape index (κ2) is 9.91. The highest BCUT2D eigenvalue weighted by Crippen LogP contribution is 2.31. The standard InChI is InChI=1S/C20H23ClN2O5S2/c1-27-17-8-7-15(13-18(17)28-2)30(25,26)23-11-9-22(10-12-23)20(24)14-29-19-6-4-3-5-16(19)21/h3-8,13H,9-12,14H2,1-2H3. The molecule has 1 aliphatic rings. The summed E-state index contributed by atoms with van der Waals surface area (Å²) in [6.45, 7) is 1.15. The molecule has 0 saturated carbocycles. The molecule has 0 aromatic heterocycles. The van der Waals surface area contributed by atoms with Crippen LogP contribution in [0.3, 0.4) is 0 Å². The fourth-order valence-corrected chi connectivity index (χ4v) is 5.68. The Labute approximate surface area is 185 Å². The maximum atomic E-state index is 13.0. The fraction of sp³-hybridized carbons (Fsp3) is 0.350.